The van der Waals surface area contributed by atoms with Gasteiger partial charge in [-0.3, -0.25) is 0 Å². The lowest BCUT2D eigenvalue weighted by Gasteiger charge is -2.07. The van der Waals surface area contributed by atoms with Crippen molar-refractivity contribution < 1.29 is 0 Å². The summed E-state index contributed by atoms with van der Waals surface area (Å²) >= 11 is 0. The van der Waals surface area contributed by atoms with Crippen molar-refractivity contribution in [2.24, 2.45) is 0 Å². The number of H-pyrrole nitrogens is 1. The number of aromatic nitrogens is 2. The van der Waals surface area contributed by atoms with Gasteiger partial charge < -0.3 is 10.3 Å². The van der Waals surface area contributed by atoms with Crippen LogP contribution >= 0.6 is 0 Å². The fourth-order valence-corrected chi connectivity index (χ4v) is 2.49. The number of hydrogen-bond acceptors (Lipinski definition) is 2. The second-order valence-electron chi connectivity index (χ2n) is 4.74. The Morgan fingerprint density at radius 3 is 3.19 bits per heavy atom. The van der Waals surface area contributed by atoms with Crippen LogP contribution in [-0.2, 0) is 6.42 Å². The summed E-state index contributed by atoms with van der Waals surface area (Å²) in [6.07, 6.45) is 5.61. The molecule has 0 aliphatic carbocycles. The third kappa shape index (κ3) is 1.83. The van der Waals surface area contributed by atoms with Crippen LogP contribution in [0.15, 0.2) is 18.3 Å². The van der Waals surface area contributed by atoms with Crippen molar-refractivity contribution in [1.82, 2.24) is 15.3 Å². The summed E-state index contributed by atoms with van der Waals surface area (Å²) < 4.78 is 0. The molecule has 84 valence electrons. The molecular weight excluding hydrogens is 198 g/mol. The van der Waals surface area contributed by atoms with Gasteiger partial charge in [0.2, 0.25) is 0 Å². The van der Waals surface area contributed by atoms with E-state index in [4.69, 9.17) is 0 Å². The summed E-state index contributed by atoms with van der Waals surface area (Å²) in [7, 11) is 0. The summed E-state index contributed by atoms with van der Waals surface area (Å²) in [6.45, 7) is 3.25. The molecule has 1 aliphatic rings. The van der Waals surface area contributed by atoms with Gasteiger partial charge in [0.15, 0.2) is 0 Å². The van der Waals surface area contributed by atoms with Crippen LogP contribution in [0.2, 0.25) is 0 Å². The molecule has 3 heterocycles. The van der Waals surface area contributed by atoms with E-state index in [9.17, 15) is 0 Å². The molecule has 1 saturated heterocycles. The van der Waals surface area contributed by atoms with Gasteiger partial charge in [-0.1, -0.05) is 0 Å². The average molecular weight is 215 g/mol. The van der Waals surface area contributed by atoms with Gasteiger partial charge >= 0.3 is 0 Å². The van der Waals surface area contributed by atoms with Crippen LogP contribution in [-0.4, -0.2) is 22.6 Å². The van der Waals surface area contributed by atoms with Crippen molar-refractivity contribution in [3.05, 3.63) is 29.6 Å². The van der Waals surface area contributed by atoms with Crippen LogP contribution in [0.5, 0.6) is 0 Å². The van der Waals surface area contributed by atoms with E-state index in [2.05, 4.69) is 34.3 Å². The first kappa shape index (κ1) is 9.85. The minimum absolute atomic E-state index is 0.647. The molecule has 16 heavy (non-hydrogen) atoms. The Bertz CT molecular complexity index is 495. The van der Waals surface area contributed by atoms with E-state index in [0.717, 1.165) is 12.1 Å². The minimum Gasteiger partial charge on any atom is -0.343 e. The number of aromatic amines is 1. The lowest BCUT2D eigenvalue weighted by molar-refractivity contribution is 0.597. The van der Waals surface area contributed by atoms with Crippen molar-refractivity contribution >= 4 is 11.0 Å². The number of nitrogens with one attached hydrogen (secondary N) is 2. The number of aryl methyl sites for hydroxylation is 1. The molecule has 1 aliphatic heterocycles. The van der Waals surface area contributed by atoms with E-state index in [1.807, 2.05) is 6.20 Å². The highest BCUT2D eigenvalue weighted by atomic mass is 14.9. The van der Waals surface area contributed by atoms with Gasteiger partial charge in [0, 0.05) is 29.7 Å². The lowest BCUT2D eigenvalue weighted by Crippen LogP contribution is -2.23. The smallest absolute Gasteiger partial charge is 0.137 e. The molecule has 1 atom stereocenters. The van der Waals surface area contributed by atoms with Crippen molar-refractivity contribution in [3.63, 3.8) is 0 Å². The summed E-state index contributed by atoms with van der Waals surface area (Å²) in [4.78, 5) is 7.80. The molecule has 0 aromatic carbocycles. The predicted octanol–water partition coefficient (Wildman–Crippen LogP) is 2.17. The predicted molar refractivity (Wildman–Crippen MR) is 65.6 cm³/mol. The Balaban J connectivity index is 1.86. The Hall–Kier alpha value is -1.35. The molecule has 0 spiro atoms. The molecule has 0 unspecified atom stereocenters. The second kappa shape index (κ2) is 3.91. The van der Waals surface area contributed by atoms with Crippen LogP contribution in [0.4, 0.5) is 0 Å². The van der Waals surface area contributed by atoms with Crippen LogP contribution in [0.25, 0.3) is 11.0 Å². The van der Waals surface area contributed by atoms with E-state index in [-0.39, 0.29) is 0 Å². The lowest BCUT2D eigenvalue weighted by atomic mass is 10.1. The highest BCUT2D eigenvalue weighted by Crippen LogP contribution is 2.17. The van der Waals surface area contributed by atoms with E-state index in [1.54, 1.807) is 0 Å². The van der Waals surface area contributed by atoms with Gasteiger partial charge in [-0.15, -0.1) is 0 Å². The Morgan fingerprint density at radius 1 is 1.44 bits per heavy atom. The fourth-order valence-electron chi connectivity index (χ4n) is 2.49. The molecule has 0 saturated carbocycles. The molecule has 0 amide bonds. The normalized spacial score (nSPS) is 20.7. The van der Waals surface area contributed by atoms with Gasteiger partial charge in [-0.05, 0) is 44.0 Å². The monoisotopic (exact) mass is 215 g/mol. The van der Waals surface area contributed by atoms with Crippen molar-refractivity contribution in [2.45, 2.75) is 32.2 Å². The molecule has 2 aromatic heterocycles. The first-order valence-corrected chi connectivity index (χ1v) is 5.99. The molecule has 3 nitrogen and oxygen atoms in total. The maximum atomic E-state index is 4.40. The first-order valence-electron chi connectivity index (χ1n) is 5.99. The van der Waals surface area contributed by atoms with E-state index in [0.29, 0.717) is 6.04 Å². The molecular formula is C13H17N3. The summed E-state index contributed by atoms with van der Waals surface area (Å²) in [5, 5.41) is 4.75. The largest absolute Gasteiger partial charge is 0.343 e. The number of rotatable bonds is 2. The standard InChI is InChI=1S/C13H17N3/c1-9-5-10-6-12(16-13(10)15-8-9)7-11-3-2-4-14-11/h5-6,8,11,14H,2-4,7H2,1H3,(H,15,16)/t11-/m1/s1. The quantitative estimate of drug-likeness (QED) is 0.806. The SMILES string of the molecule is Cc1cnc2[nH]c(C[C@H]3CCCN3)cc2c1. The molecule has 2 aromatic rings. The summed E-state index contributed by atoms with van der Waals surface area (Å²) in [6, 6.07) is 5.06. The number of nitrogens with zero attached hydrogens (tertiary/aromatic N) is 1. The summed E-state index contributed by atoms with van der Waals surface area (Å²) in [5.41, 5.74) is 3.53. The van der Waals surface area contributed by atoms with Gasteiger partial charge in [0.25, 0.3) is 0 Å². The van der Waals surface area contributed by atoms with Crippen molar-refractivity contribution in [1.29, 1.82) is 0 Å². The molecule has 0 bridgehead atoms. The van der Waals surface area contributed by atoms with Crippen LogP contribution in [0.1, 0.15) is 24.1 Å². The zero-order chi connectivity index (χ0) is 11.0. The van der Waals surface area contributed by atoms with Gasteiger partial charge in [0.1, 0.15) is 5.65 Å². The molecule has 0 radical (unpaired) electrons. The maximum Gasteiger partial charge on any atom is 0.137 e. The van der Waals surface area contributed by atoms with Crippen molar-refractivity contribution in [3.8, 4) is 0 Å². The van der Waals surface area contributed by atoms with E-state index in [1.165, 1.54) is 36.0 Å². The Kier molecular flexibility index (Phi) is 2.40. The molecule has 1 fully saturated rings. The zero-order valence-electron chi connectivity index (χ0n) is 9.59. The average Bonchev–Trinajstić information content (AvgIpc) is 2.86. The highest BCUT2D eigenvalue weighted by molar-refractivity contribution is 5.77. The van der Waals surface area contributed by atoms with Crippen LogP contribution < -0.4 is 5.32 Å². The van der Waals surface area contributed by atoms with E-state index < -0.39 is 0 Å². The Labute approximate surface area is 95.3 Å². The maximum absolute atomic E-state index is 4.40. The first-order chi connectivity index (χ1) is 7.81. The summed E-state index contributed by atoms with van der Waals surface area (Å²) in [5.74, 6) is 0. The highest BCUT2D eigenvalue weighted by Gasteiger charge is 2.15. The van der Waals surface area contributed by atoms with Crippen molar-refractivity contribution in [2.75, 3.05) is 6.54 Å². The zero-order valence-corrected chi connectivity index (χ0v) is 9.59. The number of hydrogen-bond donors (Lipinski definition) is 2. The third-order valence-corrected chi connectivity index (χ3v) is 3.29. The third-order valence-electron chi connectivity index (χ3n) is 3.29. The topological polar surface area (TPSA) is 40.7 Å². The molecule has 3 heteroatoms. The minimum atomic E-state index is 0.647. The van der Waals surface area contributed by atoms with Crippen LogP contribution in [0.3, 0.4) is 0 Å². The Morgan fingerprint density at radius 2 is 2.38 bits per heavy atom. The number of pyridine rings is 1. The van der Waals surface area contributed by atoms with Gasteiger partial charge in [0.05, 0.1) is 0 Å². The van der Waals surface area contributed by atoms with Crippen LogP contribution in [0, 0.1) is 6.92 Å². The fraction of sp³-hybridized carbons (Fsp3) is 0.462. The molecule has 3 rings (SSSR count). The molecule has 2 N–H and O–H groups in total. The van der Waals surface area contributed by atoms with E-state index >= 15 is 0 Å². The second-order valence-corrected chi connectivity index (χ2v) is 4.74. The van der Waals surface area contributed by atoms with Gasteiger partial charge in [-0.2, -0.15) is 0 Å². The van der Waals surface area contributed by atoms with Gasteiger partial charge in [-0.25, -0.2) is 4.98 Å². The number of fused-ring (bicyclic) bond motifs is 1.